The molecule has 5 nitrogen and oxygen atoms in total. The van der Waals surface area contributed by atoms with Crippen LogP contribution in [-0.2, 0) is 16.6 Å². The zero-order valence-corrected chi connectivity index (χ0v) is 18.0. The molecule has 0 saturated carbocycles. The van der Waals surface area contributed by atoms with Gasteiger partial charge in [-0.3, -0.25) is 9.00 Å². The highest BCUT2D eigenvalue weighted by Crippen LogP contribution is 2.23. The van der Waals surface area contributed by atoms with Crippen LogP contribution in [0, 0.1) is 6.92 Å². The summed E-state index contributed by atoms with van der Waals surface area (Å²) in [4.78, 5) is 18.1. The summed E-state index contributed by atoms with van der Waals surface area (Å²) in [6.45, 7) is 5.99. The third-order valence-electron chi connectivity index (χ3n) is 6.09. The minimum absolute atomic E-state index is 0.0468. The number of hydrogen-bond acceptors (Lipinski definition) is 4. The van der Waals surface area contributed by atoms with Gasteiger partial charge >= 0.3 is 0 Å². The topological polar surface area (TPSA) is 53.8 Å². The van der Waals surface area contributed by atoms with E-state index < -0.39 is 10.8 Å². The van der Waals surface area contributed by atoms with Crippen LogP contribution < -0.4 is 0 Å². The van der Waals surface area contributed by atoms with E-state index in [1.54, 1.807) is 12.1 Å². The summed E-state index contributed by atoms with van der Waals surface area (Å²) in [5.41, 5.74) is 1.14. The number of piperidine rings is 2. The van der Waals surface area contributed by atoms with Gasteiger partial charge in [0.05, 0.1) is 16.6 Å². The number of nitrogens with zero attached hydrogens (tertiary/aromatic N) is 2. The lowest BCUT2D eigenvalue weighted by Gasteiger charge is -2.40. The number of benzene rings is 1. The second kappa shape index (κ2) is 9.26. The molecule has 156 valence electrons. The standard InChI is InChI=1S/C23H30N2O3S/c1-18-5-8-21(9-6-18)29(27)17-20-7-10-22(28-20)23(26)25-15-11-19(12-16-25)24-13-3-2-4-14-24/h5-10,19H,2-4,11-17H2,1H3. The monoisotopic (exact) mass is 414 g/mol. The summed E-state index contributed by atoms with van der Waals surface area (Å²) in [7, 11) is -1.18. The molecular formula is C23H30N2O3S. The maximum absolute atomic E-state index is 12.8. The molecule has 4 rings (SSSR count). The van der Waals surface area contributed by atoms with Crippen molar-refractivity contribution in [3.8, 4) is 0 Å². The van der Waals surface area contributed by atoms with Crippen LogP contribution in [-0.4, -0.2) is 52.1 Å². The van der Waals surface area contributed by atoms with Gasteiger partial charge < -0.3 is 14.2 Å². The number of likely N-dealkylation sites (tertiary alicyclic amines) is 2. The van der Waals surface area contributed by atoms with Crippen LogP contribution in [0.1, 0.15) is 54.0 Å². The number of aryl methyl sites for hydroxylation is 1. The van der Waals surface area contributed by atoms with E-state index >= 15 is 0 Å². The van der Waals surface area contributed by atoms with Crippen molar-refractivity contribution < 1.29 is 13.4 Å². The van der Waals surface area contributed by atoms with Gasteiger partial charge in [0.15, 0.2) is 5.76 Å². The average molecular weight is 415 g/mol. The largest absolute Gasteiger partial charge is 0.455 e. The molecule has 2 aliphatic heterocycles. The summed E-state index contributed by atoms with van der Waals surface area (Å²) in [5, 5.41) is 0. The molecule has 29 heavy (non-hydrogen) atoms. The predicted molar refractivity (Wildman–Crippen MR) is 114 cm³/mol. The molecule has 2 aliphatic rings. The van der Waals surface area contributed by atoms with Crippen LogP contribution in [0.3, 0.4) is 0 Å². The van der Waals surface area contributed by atoms with E-state index in [4.69, 9.17) is 4.42 Å². The van der Waals surface area contributed by atoms with E-state index in [0.717, 1.165) is 36.4 Å². The maximum atomic E-state index is 12.8. The molecule has 1 amide bonds. The summed E-state index contributed by atoms with van der Waals surface area (Å²) in [6, 6.07) is 11.8. The van der Waals surface area contributed by atoms with Gasteiger partial charge in [-0.15, -0.1) is 0 Å². The lowest BCUT2D eigenvalue weighted by atomic mass is 10.00. The second-order valence-corrected chi connectivity index (χ2v) is 9.64. The molecule has 2 saturated heterocycles. The fourth-order valence-corrected chi connectivity index (χ4v) is 5.37. The normalized spacial score (nSPS) is 20.0. The Kier molecular flexibility index (Phi) is 6.50. The molecule has 1 aromatic heterocycles. The SMILES string of the molecule is Cc1ccc(S(=O)Cc2ccc(C(=O)N3CCC(N4CCCCC4)CC3)o2)cc1. The molecule has 0 N–H and O–H groups in total. The maximum Gasteiger partial charge on any atom is 0.289 e. The number of amides is 1. The van der Waals surface area contributed by atoms with E-state index in [1.807, 2.05) is 36.1 Å². The summed E-state index contributed by atoms with van der Waals surface area (Å²) < 4.78 is 18.3. The number of carbonyl (C=O) groups excluding carboxylic acids is 1. The van der Waals surface area contributed by atoms with Crippen molar-refractivity contribution in [2.75, 3.05) is 26.2 Å². The summed E-state index contributed by atoms with van der Waals surface area (Å²) in [6.07, 6.45) is 6.04. The molecular weight excluding hydrogens is 384 g/mol. The predicted octanol–water partition coefficient (Wildman–Crippen LogP) is 3.99. The number of carbonyl (C=O) groups is 1. The molecule has 1 atom stereocenters. The van der Waals surface area contributed by atoms with Gasteiger partial charge in [-0.2, -0.15) is 0 Å². The Balaban J connectivity index is 1.31. The molecule has 0 radical (unpaired) electrons. The first-order valence-electron chi connectivity index (χ1n) is 10.7. The van der Waals surface area contributed by atoms with Gasteiger partial charge in [0.1, 0.15) is 5.76 Å². The van der Waals surface area contributed by atoms with E-state index in [2.05, 4.69) is 4.90 Å². The average Bonchev–Trinajstić information content (AvgIpc) is 3.23. The van der Waals surface area contributed by atoms with Gasteiger partial charge in [0, 0.05) is 24.0 Å². The molecule has 2 aromatic rings. The van der Waals surface area contributed by atoms with Crippen molar-refractivity contribution in [1.82, 2.24) is 9.80 Å². The first-order valence-corrected chi connectivity index (χ1v) is 12.0. The van der Waals surface area contributed by atoms with Gasteiger partial charge in [0.2, 0.25) is 0 Å². The Labute approximate surface area is 175 Å². The highest BCUT2D eigenvalue weighted by Gasteiger charge is 2.29. The third-order valence-corrected chi connectivity index (χ3v) is 7.43. The highest BCUT2D eigenvalue weighted by molar-refractivity contribution is 7.84. The van der Waals surface area contributed by atoms with Gasteiger partial charge in [-0.1, -0.05) is 24.1 Å². The Bertz CT molecular complexity index is 847. The van der Waals surface area contributed by atoms with Crippen molar-refractivity contribution in [2.45, 2.75) is 55.7 Å². The molecule has 1 unspecified atom stereocenters. The van der Waals surface area contributed by atoms with Crippen molar-refractivity contribution >= 4 is 16.7 Å². The molecule has 0 spiro atoms. The fourth-order valence-electron chi connectivity index (χ4n) is 4.35. The number of furan rings is 1. The molecule has 2 fully saturated rings. The van der Waals surface area contributed by atoms with Crippen LogP contribution in [0.15, 0.2) is 45.7 Å². The van der Waals surface area contributed by atoms with Gasteiger partial charge in [-0.05, 0) is 70.0 Å². The number of rotatable bonds is 5. The Morgan fingerprint density at radius 3 is 2.38 bits per heavy atom. The quantitative estimate of drug-likeness (QED) is 0.742. The Morgan fingerprint density at radius 1 is 1.00 bits per heavy atom. The first kappa shape index (κ1) is 20.4. The zero-order valence-electron chi connectivity index (χ0n) is 17.1. The lowest BCUT2D eigenvalue weighted by Crippen LogP contribution is -2.48. The third kappa shape index (κ3) is 4.98. The van der Waals surface area contributed by atoms with Gasteiger partial charge in [0.25, 0.3) is 5.91 Å². The number of hydrogen-bond donors (Lipinski definition) is 0. The molecule has 1 aromatic carbocycles. The van der Waals surface area contributed by atoms with Crippen LogP contribution in [0.25, 0.3) is 0 Å². The van der Waals surface area contributed by atoms with Crippen molar-refractivity contribution in [3.63, 3.8) is 0 Å². The Hall–Kier alpha value is -1.92. The summed E-state index contributed by atoms with van der Waals surface area (Å²) >= 11 is 0. The van der Waals surface area contributed by atoms with Crippen molar-refractivity contribution in [2.24, 2.45) is 0 Å². The first-order chi connectivity index (χ1) is 14.1. The summed E-state index contributed by atoms with van der Waals surface area (Å²) in [5.74, 6) is 1.19. The van der Waals surface area contributed by atoms with E-state index in [9.17, 15) is 9.00 Å². The van der Waals surface area contributed by atoms with Crippen molar-refractivity contribution in [3.05, 3.63) is 53.5 Å². The van der Waals surface area contributed by atoms with Crippen LogP contribution in [0.5, 0.6) is 0 Å². The molecule has 0 aliphatic carbocycles. The zero-order chi connectivity index (χ0) is 20.2. The molecule has 6 heteroatoms. The molecule has 3 heterocycles. The van der Waals surface area contributed by atoms with E-state index in [0.29, 0.717) is 17.6 Å². The highest BCUT2D eigenvalue weighted by atomic mass is 32.2. The van der Waals surface area contributed by atoms with Gasteiger partial charge in [-0.25, -0.2) is 0 Å². The van der Waals surface area contributed by atoms with Crippen LogP contribution >= 0.6 is 0 Å². The second-order valence-electron chi connectivity index (χ2n) is 8.19. The van der Waals surface area contributed by atoms with Crippen molar-refractivity contribution in [1.29, 1.82) is 0 Å². The smallest absolute Gasteiger partial charge is 0.289 e. The minimum atomic E-state index is -1.18. The van der Waals surface area contributed by atoms with Crippen LogP contribution in [0.2, 0.25) is 0 Å². The van der Waals surface area contributed by atoms with E-state index in [-0.39, 0.29) is 11.7 Å². The minimum Gasteiger partial charge on any atom is -0.455 e. The Morgan fingerprint density at radius 2 is 1.69 bits per heavy atom. The lowest BCUT2D eigenvalue weighted by molar-refractivity contribution is 0.0561. The fraction of sp³-hybridized carbons (Fsp3) is 0.522. The molecule has 0 bridgehead atoms. The van der Waals surface area contributed by atoms with Crippen LogP contribution in [0.4, 0.5) is 0 Å². The van der Waals surface area contributed by atoms with E-state index in [1.165, 1.54) is 32.4 Å².